The summed E-state index contributed by atoms with van der Waals surface area (Å²) in [6.07, 6.45) is 0. The van der Waals surface area contributed by atoms with Gasteiger partial charge in [-0.1, -0.05) is 47.2 Å². The molecule has 1 aliphatic heterocycles. The third-order valence-electron chi connectivity index (χ3n) is 5.54. The standard InChI is InChI=1S/C27H26N4O4S/c1-18-3-8-21(9-4-18)31-25(16-35-22-10-5-19(2)6-11-22)29-30-27(31)36-17-26(32)28-20-7-12-23-24(15-20)34-14-13-33-23/h3-12,15H,13-14,16-17H2,1-2H3,(H,28,32). The number of carbonyl (C=O) groups is 1. The third kappa shape index (κ3) is 5.63. The van der Waals surface area contributed by atoms with Gasteiger partial charge in [-0.25, -0.2) is 0 Å². The normalized spacial score (nSPS) is 12.3. The van der Waals surface area contributed by atoms with E-state index in [1.165, 1.54) is 17.3 Å². The van der Waals surface area contributed by atoms with E-state index in [9.17, 15) is 4.79 Å². The van der Waals surface area contributed by atoms with Crippen LogP contribution in [0.3, 0.4) is 0 Å². The highest BCUT2D eigenvalue weighted by Crippen LogP contribution is 2.32. The highest BCUT2D eigenvalue weighted by molar-refractivity contribution is 7.99. The molecule has 0 bridgehead atoms. The zero-order valence-electron chi connectivity index (χ0n) is 20.1. The van der Waals surface area contributed by atoms with Crippen molar-refractivity contribution in [3.8, 4) is 22.9 Å². The average molecular weight is 503 g/mol. The van der Waals surface area contributed by atoms with E-state index in [-0.39, 0.29) is 18.3 Å². The van der Waals surface area contributed by atoms with Crippen LogP contribution in [0.5, 0.6) is 17.2 Å². The van der Waals surface area contributed by atoms with Gasteiger partial charge in [-0.05, 0) is 50.2 Å². The fraction of sp³-hybridized carbons (Fsp3) is 0.222. The van der Waals surface area contributed by atoms with E-state index < -0.39 is 0 Å². The van der Waals surface area contributed by atoms with Gasteiger partial charge < -0.3 is 19.5 Å². The molecular formula is C27H26N4O4S. The van der Waals surface area contributed by atoms with Crippen molar-refractivity contribution in [1.29, 1.82) is 0 Å². The van der Waals surface area contributed by atoms with Gasteiger partial charge in [-0.15, -0.1) is 10.2 Å². The van der Waals surface area contributed by atoms with Crippen molar-refractivity contribution in [1.82, 2.24) is 14.8 Å². The minimum absolute atomic E-state index is 0.160. The number of carbonyl (C=O) groups excluding carboxylic acids is 1. The third-order valence-corrected chi connectivity index (χ3v) is 6.47. The van der Waals surface area contributed by atoms with Gasteiger partial charge in [-0.2, -0.15) is 0 Å². The molecule has 36 heavy (non-hydrogen) atoms. The topological polar surface area (TPSA) is 87.5 Å². The monoisotopic (exact) mass is 502 g/mol. The largest absolute Gasteiger partial charge is 0.486 e. The molecule has 1 aliphatic rings. The lowest BCUT2D eigenvalue weighted by Gasteiger charge is -2.19. The maximum atomic E-state index is 12.7. The number of amides is 1. The zero-order chi connectivity index (χ0) is 24.9. The van der Waals surface area contributed by atoms with Crippen LogP contribution in [-0.4, -0.2) is 39.6 Å². The summed E-state index contributed by atoms with van der Waals surface area (Å²) in [5.74, 6) is 2.72. The molecule has 2 heterocycles. The number of anilines is 1. The number of nitrogens with one attached hydrogen (secondary N) is 1. The first-order chi connectivity index (χ1) is 17.5. The molecule has 1 amide bonds. The van der Waals surface area contributed by atoms with Gasteiger partial charge >= 0.3 is 0 Å². The lowest BCUT2D eigenvalue weighted by Crippen LogP contribution is -2.17. The minimum atomic E-state index is -0.160. The highest BCUT2D eigenvalue weighted by atomic mass is 32.2. The number of hydrogen-bond acceptors (Lipinski definition) is 7. The van der Waals surface area contributed by atoms with Crippen LogP contribution in [0.4, 0.5) is 5.69 Å². The Morgan fingerprint density at radius 1 is 0.944 bits per heavy atom. The number of fused-ring (bicyclic) bond motifs is 1. The van der Waals surface area contributed by atoms with Crippen LogP contribution >= 0.6 is 11.8 Å². The summed E-state index contributed by atoms with van der Waals surface area (Å²) in [6.45, 7) is 5.33. The molecule has 8 nitrogen and oxygen atoms in total. The van der Waals surface area contributed by atoms with E-state index in [1.54, 1.807) is 18.2 Å². The van der Waals surface area contributed by atoms with Gasteiger partial charge in [0.25, 0.3) is 0 Å². The van der Waals surface area contributed by atoms with E-state index >= 15 is 0 Å². The van der Waals surface area contributed by atoms with Crippen molar-refractivity contribution in [2.24, 2.45) is 0 Å². The van der Waals surface area contributed by atoms with Crippen LogP contribution < -0.4 is 19.5 Å². The van der Waals surface area contributed by atoms with Gasteiger partial charge in [0, 0.05) is 17.4 Å². The Morgan fingerprint density at radius 2 is 1.64 bits per heavy atom. The summed E-state index contributed by atoms with van der Waals surface area (Å²) in [5.41, 5.74) is 3.87. The van der Waals surface area contributed by atoms with Gasteiger partial charge in [0.2, 0.25) is 5.91 Å². The molecule has 0 atom stereocenters. The second-order valence-corrected chi connectivity index (χ2v) is 9.31. The number of aryl methyl sites for hydroxylation is 2. The Hall–Kier alpha value is -3.98. The van der Waals surface area contributed by atoms with Crippen LogP contribution in [-0.2, 0) is 11.4 Å². The predicted octanol–water partition coefficient (Wildman–Crippen LogP) is 4.97. The number of ether oxygens (including phenoxy) is 3. The average Bonchev–Trinajstić information content (AvgIpc) is 3.30. The first kappa shape index (κ1) is 23.7. The molecule has 3 aromatic carbocycles. The molecule has 0 unspecified atom stereocenters. The predicted molar refractivity (Wildman–Crippen MR) is 138 cm³/mol. The van der Waals surface area contributed by atoms with Gasteiger partial charge in [-0.3, -0.25) is 9.36 Å². The van der Waals surface area contributed by atoms with Crippen LogP contribution in [0.15, 0.2) is 71.9 Å². The highest BCUT2D eigenvalue weighted by Gasteiger charge is 2.18. The Kier molecular flexibility index (Phi) is 7.08. The van der Waals surface area contributed by atoms with Crippen LogP contribution in [0.1, 0.15) is 17.0 Å². The van der Waals surface area contributed by atoms with Crippen molar-refractivity contribution >= 4 is 23.4 Å². The summed E-state index contributed by atoms with van der Waals surface area (Å²) in [4.78, 5) is 12.7. The van der Waals surface area contributed by atoms with Crippen molar-refractivity contribution in [2.45, 2.75) is 25.6 Å². The van der Waals surface area contributed by atoms with E-state index in [1.807, 2.05) is 66.9 Å². The molecule has 0 aliphatic carbocycles. The van der Waals surface area contributed by atoms with Crippen LogP contribution in [0, 0.1) is 13.8 Å². The molecule has 1 aromatic heterocycles. The summed E-state index contributed by atoms with van der Waals surface area (Å²) < 4.78 is 19.0. The number of rotatable bonds is 8. The number of nitrogens with zero attached hydrogens (tertiary/aromatic N) is 3. The lowest BCUT2D eigenvalue weighted by atomic mass is 10.2. The van der Waals surface area contributed by atoms with Crippen LogP contribution in [0.2, 0.25) is 0 Å². The van der Waals surface area contributed by atoms with E-state index in [2.05, 4.69) is 15.5 Å². The maximum Gasteiger partial charge on any atom is 0.234 e. The zero-order valence-corrected chi connectivity index (χ0v) is 20.9. The first-order valence-corrected chi connectivity index (χ1v) is 12.6. The fourth-order valence-electron chi connectivity index (χ4n) is 3.67. The molecule has 184 valence electrons. The quantitative estimate of drug-likeness (QED) is 0.341. The Balaban J connectivity index is 1.29. The van der Waals surface area contributed by atoms with E-state index in [0.29, 0.717) is 41.4 Å². The SMILES string of the molecule is Cc1ccc(OCc2nnc(SCC(=O)Nc3ccc4c(c3)OCCO4)n2-c2ccc(C)cc2)cc1. The second kappa shape index (κ2) is 10.7. The first-order valence-electron chi connectivity index (χ1n) is 11.6. The fourth-order valence-corrected chi connectivity index (χ4v) is 4.44. The van der Waals surface area contributed by atoms with Gasteiger partial charge in [0.1, 0.15) is 25.6 Å². The Bertz CT molecular complexity index is 1350. The summed E-state index contributed by atoms with van der Waals surface area (Å²) in [5, 5.41) is 12.2. The number of aromatic nitrogens is 3. The Morgan fingerprint density at radius 3 is 2.39 bits per heavy atom. The molecule has 5 rings (SSSR count). The maximum absolute atomic E-state index is 12.7. The number of benzene rings is 3. The molecule has 0 saturated carbocycles. The molecule has 0 saturated heterocycles. The molecule has 9 heteroatoms. The molecule has 4 aromatic rings. The molecular weight excluding hydrogens is 476 g/mol. The van der Waals surface area contributed by atoms with Crippen molar-refractivity contribution < 1.29 is 19.0 Å². The molecule has 1 N–H and O–H groups in total. The summed E-state index contributed by atoms with van der Waals surface area (Å²) >= 11 is 1.31. The van der Waals surface area contributed by atoms with Gasteiger partial charge in [0.15, 0.2) is 22.5 Å². The number of thioether (sulfide) groups is 1. The molecule has 0 fully saturated rings. The van der Waals surface area contributed by atoms with Crippen molar-refractivity contribution in [2.75, 3.05) is 24.3 Å². The smallest absolute Gasteiger partial charge is 0.234 e. The van der Waals surface area contributed by atoms with Crippen molar-refractivity contribution in [3.05, 3.63) is 83.7 Å². The Labute approximate surface area is 213 Å². The number of hydrogen-bond donors (Lipinski definition) is 1. The lowest BCUT2D eigenvalue weighted by molar-refractivity contribution is -0.113. The van der Waals surface area contributed by atoms with E-state index in [0.717, 1.165) is 17.0 Å². The van der Waals surface area contributed by atoms with Crippen molar-refractivity contribution in [3.63, 3.8) is 0 Å². The second-order valence-electron chi connectivity index (χ2n) is 8.37. The minimum Gasteiger partial charge on any atom is -0.486 e. The van der Waals surface area contributed by atoms with E-state index in [4.69, 9.17) is 14.2 Å². The molecule has 0 spiro atoms. The molecule has 0 radical (unpaired) electrons. The summed E-state index contributed by atoms with van der Waals surface area (Å²) in [6, 6.07) is 21.3. The van der Waals surface area contributed by atoms with Gasteiger partial charge in [0.05, 0.1) is 5.75 Å². The van der Waals surface area contributed by atoms with Crippen LogP contribution in [0.25, 0.3) is 5.69 Å². The summed E-state index contributed by atoms with van der Waals surface area (Å²) in [7, 11) is 0.